The smallest absolute Gasteiger partial charge is 0.245 e. The highest BCUT2D eigenvalue weighted by Gasteiger charge is 2.06. The van der Waals surface area contributed by atoms with Crippen LogP contribution in [0.4, 0.5) is 0 Å². The van der Waals surface area contributed by atoms with Crippen molar-refractivity contribution < 1.29 is 14.7 Å². The number of carbonyl (C=O) groups excluding carboxylic acids is 1. The van der Waals surface area contributed by atoms with Crippen LogP contribution < -0.4 is 0 Å². The van der Waals surface area contributed by atoms with E-state index < -0.39 is 6.73 Å². The molecule has 0 spiro atoms. The third kappa shape index (κ3) is 3.16. The summed E-state index contributed by atoms with van der Waals surface area (Å²) in [6, 6.07) is 9.44. The zero-order valence-corrected chi connectivity index (χ0v) is 8.01. The summed E-state index contributed by atoms with van der Waals surface area (Å²) in [5.74, 6) is -0.316. The third-order valence-corrected chi connectivity index (χ3v) is 1.71. The summed E-state index contributed by atoms with van der Waals surface area (Å²) in [5, 5.41) is 9.66. The number of amides is 1. The van der Waals surface area contributed by atoms with Crippen LogP contribution in [0.1, 0.15) is 12.5 Å². The molecule has 0 aliphatic carbocycles. The molecule has 0 aliphatic rings. The number of hydrogen-bond acceptors (Lipinski definition) is 3. The number of aliphatic hydroxyl groups excluding tert-OH is 1. The molecular weight excluding hydrogens is 182 g/mol. The summed E-state index contributed by atoms with van der Waals surface area (Å²) >= 11 is 0. The fourth-order valence-corrected chi connectivity index (χ4v) is 0.958. The molecule has 1 amide bonds. The predicted molar refractivity (Wildman–Crippen MR) is 50.8 cm³/mol. The molecule has 0 heterocycles. The summed E-state index contributed by atoms with van der Waals surface area (Å²) in [5.41, 5.74) is 0.951. The molecule has 0 radical (unpaired) electrons. The van der Waals surface area contributed by atoms with Gasteiger partial charge in [-0.05, 0) is 5.56 Å². The molecule has 0 saturated heterocycles. The summed E-state index contributed by atoms with van der Waals surface area (Å²) in [7, 11) is 0. The number of aliphatic hydroxyl groups is 1. The monoisotopic (exact) mass is 195 g/mol. The van der Waals surface area contributed by atoms with Crippen molar-refractivity contribution in [3.05, 3.63) is 35.9 Å². The van der Waals surface area contributed by atoms with E-state index in [1.807, 2.05) is 30.3 Å². The molecule has 0 saturated carbocycles. The second-order valence-electron chi connectivity index (χ2n) is 2.80. The fraction of sp³-hybridized carbons (Fsp3) is 0.300. The van der Waals surface area contributed by atoms with Crippen LogP contribution in [0.5, 0.6) is 0 Å². The second-order valence-corrected chi connectivity index (χ2v) is 2.80. The van der Waals surface area contributed by atoms with Gasteiger partial charge in [0.2, 0.25) is 5.91 Å². The SMILES string of the molecule is CC(=O)N(CO)OCc1ccccc1. The number of carbonyl (C=O) groups is 1. The normalized spacial score (nSPS) is 9.86. The number of hydrogen-bond donors (Lipinski definition) is 1. The van der Waals surface area contributed by atoms with Gasteiger partial charge in [0.05, 0.1) is 0 Å². The van der Waals surface area contributed by atoms with Gasteiger partial charge in [-0.1, -0.05) is 30.3 Å². The van der Waals surface area contributed by atoms with Gasteiger partial charge in [0, 0.05) is 6.92 Å². The Morgan fingerprint density at radius 1 is 1.43 bits per heavy atom. The minimum absolute atomic E-state index is 0.279. The van der Waals surface area contributed by atoms with Crippen molar-refractivity contribution in [2.75, 3.05) is 6.73 Å². The Kier molecular flexibility index (Phi) is 4.10. The van der Waals surface area contributed by atoms with Crippen molar-refractivity contribution >= 4 is 5.91 Å². The Labute approximate surface area is 82.7 Å². The first-order valence-electron chi connectivity index (χ1n) is 4.30. The second kappa shape index (κ2) is 5.36. The molecule has 4 nitrogen and oxygen atoms in total. The lowest BCUT2D eigenvalue weighted by Gasteiger charge is -2.16. The van der Waals surface area contributed by atoms with Crippen LogP contribution in [0, 0.1) is 0 Å². The summed E-state index contributed by atoms with van der Waals surface area (Å²) in [6.07, 6.45) is 0. The zero-order valence-electron chi connectivity index (χ0n) is 8.01. The number of rotatable bonds is 4. The molecule has 14 heavy (non-hydrogen) atoms. The highest BCUT2D eigenvalue weighted by Crippen LogP contribution is 2.02. The van der Waals surface area contributed by atoms with E-state index in [-0.39, 0.29) is 12.5 Å². The molecule has 0 aromatic heterocycles. The lowest BCUT2D eigenvalue weighted by Crippen LogP contribution is -2.29. The van der Waals surface area contributed by atoms with E-state index in [4.69, 9.17) is 9.94 Å². The minimum atomic E-state index is -0.428. The minimum Gasteiger partial charge on any atom is -0.374 e. The van der Waals surface area contributed by atoms with Crippen LogP contribution in [0.15, 0.2) is 30.3 Å². The number of benzene rings is 1. The molecule has 1 aromatic carbocycles. The maximum absolute atomic E-state index is 10.8. The third-order valence-electron chi connectivity index (χ3n) is 1.71. The predicted octanol–water partition coefficient (Wildman–Crippen LogP) is 0.917. The van der Waals surface area contributed by atoms with Crippen molar-refractivity contribution in [1.29, 1.82) is 0 Å². The van der Waals surface area contributed by atoms with E-state index in [0.717, 1.165) is 10.6 Å². The molecular formula is C10H13NO3. The Morgan fingerprint density at radius 3 is 2.57 bits per heavy atom. The molecule has 4 heteroatoms. The molecule has 0 fully saturated rings. The first-order chi connectivity index (χ1) is 6.74. The first-order valence-corrected chi connectivity index (χ1v) is 4.30. The van der Waals surface area contributed by atoms with Crippen LogP contribution in [0.25, 0.3) is 0 Å². The van der Waals surface area contributed by atoms with Crippen molar-refractivity contribution in [2.45, 2.75) is 13.5 Å². The zero-order chi connectivity index (χ0) is 10.4. The highest BCUT2D eigenvalue weighted by molar-refractivity contribution is 5.71. The van der Waals surface area contributed by atoms with Crippen molar-refractivity contribution in [2.24, 2.45) is 0 Å². The van der Waals surface area contributed by atoms with Crippen LogP contribution in [-0.4, -0.2) is 22.8 Å². The van der Waals surface area contributed by atoms with E-state index in [1.54, 1.807) is 0 Å². The number of hydroxylamine groups is 2. The molecule has 1 rings (SSSR count). The molecule has 0 bridgehead atoms. The molecule has 1 N–H and O–H groups in total. The van der Waals surface area contributed by atoms with Crippen molar-refractivity contribution in [3.8, 4) is 0 Å². The van der Waals surface area contributed by atoms with E-state index in [1.165, 1.54) is 6.92 Å². The standard InChI is InChI=1S/C10H13NO3/c1-9(13)11(8-12)14-7-10-5-3-2-4-6-10/h2-6,12H,7-8H2,1H3. The maximum Gasteiger partial charge on any atom is 0.245 e. The van der Waals surface area contributed by atoms with Gasteiger partial charge in [-0.3, -0.25) is 9.63 Å². The summed E-state index contributed by atoms with van der Waals surface area (Å²) < 4.78 is 0. The first kappa shape index (κ1) is 10.7. The van der Waals surface area contributed by atoms with E-state index in [0.29, 0.717) is 0 Å². The van der Waals surface area contributed by atoms with Gasteiger partial charge in [0.1, 0.15) is 13.3 Å². The number of nitrogens with zero attached hydrogens (tertiary/aromatic N) is 1. The Bertz CT molecular complexity index is 287. The quantitative estimate of drug-likeness (QED) is 0.574. The van der Waals surface area contributed by atoms with Crippen LogP contribution in [0.3, 0.4) is 0 Å². The summed E-state index contributed by atoms with van der Waals surface area (Å²) in [6.45, 7) is 1.18. The van der Waals surface area contributed by atoms with Gasteiger partial charge < -0.3 is 5.11 Å². The van der Waals surface area contributed by atoms with Crippen LogP contribution in [0.2, 0.25) is 0 Å². The Balaban J connectivity index is 2.44. The van der Waals surface area contributed by atoms with Gasteiger partial charge in [0.15, 0.2) is 0 Å². The fourth-order valence-electron chi connectivity index (χ4n) is 0.958. The lowest BCUT2D eigenvalue weighted by atomic mass is 10.2. The Morgan fingerprint density at radius 2 is 2.07 bits per heavy atom. The maximum atomic E-state index is 10.8. The Hall–Kier alpha value is -1.39. The highest BCUT2D eigenvalue weighted by atomic mass is 16.7. The van der Waals surface area contributed by atoms with E-state index in [9.17, 15) is 4.79 Å². The van der Waals surface area contributed by atoms with Gasteiger partial charge >= 0.3 is 0 Å². The summed E-state index contributed by atoms with van der Waals surface area (Å²) in [4.78, 5) is 15.9. The average molecular weight is 195 g/mol. The van der Waals surface area contributed by atoms with Gasteiger partial charge in [-0.25, -0.2) is 0 Å². The van der Waals surface area contributed by atoms with Gasteiger partial charge in [0.25, 0.3) is 0 Å². The largest absolute Gasteiger partial charge is 0.374 e. The van der Waals surface area contributed by atoms with E-state index in [2.05, 4.69) is 0 Å². The topological polar surface area (TPSA) is 49.8 Å². The van der Waals surface area contributed by atoms with Gasteiger partial charge in [-0.15, -0.1) is 0 Å². The lowest BCUT2D eigenvalue weighted by molar-refractivity contribution is -0.209. The van der Waals surface area contributed by atoms with Crippen molar-refractivity contribution in [1.82, 2.24) is 5.06 Å². The van der Waals surface area contributed by atoms with Crippen LogP contribution in [-0.2, 0) is 16.2 Å². The van der Waals surface area contributed by atoms with Crippen molar-refractivity contribution in [3.63, 3.8) is 0 Å². The van der Waals surface area contributed by atoms with E-state index >= 15 is 0 Å². The van der Waals surface area contributed by atoms with Crippen LogP contribution >= 0.6 is 0 Å². The molecule has 0 atom stereocenters. The molecule has 0 aliphatic heterocycles. The molecule has 76 valence electrons. The molecule has 0 unspecified atom stereocenters. The van der Waals surface area contributed by atoms with Gasteiger partial charge in [-0.2, -0.15) is 5.06 Å². The molecule has 1 aromatic rings. The average Bonchev–Trinajstić information content (AvgIpc) is 2.20.